The van der Waals surface area contributed by atoms with Crippen molar-refractivity contribution in [3.05, 3.63) is 70.2 Å². The zero-order valence-corrected chi connectivity index (χ0v) is 20.2. The van der Waals surface area contributed by atoms with E-state index in [0.717, 1.165) is 31.2 Å². The summed E-state index contributed by atoms with van der Waals surface area (Å²) in [6, 6.07) is 9.80. The molecule has 0 radical (unpaired) electrons. The average Bonchev–Trinajstić information content (AvgIpc) is 2.80. The minimum absolute atomic E-state index is 0.0624. The van der Waals surface area contributed by atoms with E-state index in [9.17, 15) is 18.4 Å². The van der Waals surface area contributed by atoms with Gasteiger partial charge >= 0.3 is 0 Å². The maximum absolute atomic E-state index is 14.0. The number of hydrogen-bond acceptors (Lipinski definition) is 3. The second-order valence-corrected chi connectivity index (χ2v) is 9.75. The molecule has 178 valence electrons. The van der Waals surface area contributed by atoms with Crippen LogP contribution in [0.15, 0.2) is 42.5 Å². The maximum Gasteiger partial charge on any atom is 0.242 e. The van der Waals surface area contributed by atoms with E-state index >= 15 is 0 Å². The molecule has 1 saturated carbocycles. The maximum atomic E-state index is 14.0. The number of nitrogens with zero attached hydrogens (tertiary/aromatic N) is 1. The van der Waals surface area contributed by atoms with Crippen molar-refractivity contribution in [2.75, 3.05) is 5.75 Å². The molecule has 1 aliphatic rings. The summed E-state index contributed by atoms with van der Waals surface area (Å²) in [6.07, 6.45) is 5.26. The van der Waals surface area contributed by atoms with E-state index in [1.54, 1.807) is 25.1 Å². The summed E-state index contributed by atoms with van der Waals surface area (Å²) >= 11 is 7.32. The fourth-order valence-corrected chi connectivity index (χ4v) is 5.18. The SMILES string of the molecule is CC(C(=O)NC1CCCCC1)N(Cc1ccc(F)cc1)C(=O)CSCc1c(F)cccc1Cl. The number of nitrogens with one attached hydrogen (secondary N) is 1. The number of hydrogen-bond donors (Lipinski definition) is 1. The van der Waals surface area contributed by atoms with Crippen LogP contribution < -0.4 is 5.32 Å². The van der Waals surface area contributed by atoms with Crippen molar-refractivity contribution >= 4 is 35.2 Å². The van der Waals surface area contributed by atoms with Crippen molar-refractivity contribution in [2.45, 2.75) is 63.4 Å². The lowest BCUT2D eigenvalue weighted by molar-refractivity contribution is -0.139. The number of carbonyl (C=O) groups is 2. The zero-order chi connectivity index (χ0) is 23.8. The van der Waals surface area contributed by atoms with Crippen LogP contribution in [0.5, 0.6) is 0 Å². The lowest BCUT2D eigenvalue weighted by Crippen LogP contribution is -2.50. The van der Waals surface area contributed by atoms with Crippen LogP contribution in [0.1, 0.15) is 50.2 Å². The summed E-state index contributed by atoms with van der Waals surface area (Å²) in [5.41, 5.74) is 1.08. The Kier molecular flexibility index (Phi) is 9.56. The van der Waals surface area contributed by atoms with Crippen molar-refractivity contribution in [3.8, 4) is 0 Å². The molecule has 0 spiro atoms. The van der Waals surface area contributed by atoms with E-state index in [4.69, 9.17) is 11.6 Å². The van der Waals surface area contributed by atoms with Crippen LogP contribution in [0.25, 0.3) is 0 Å². The fourth-order valence-electron chi connectivity index (χ4n) is 3.93. The van der Waals surface area contributed by atoms with Crippen molar-refractivity contribution in [1.82, 2.24) is 10.2 Å². The second kappa shape index (κ2) is 12.4. The van der Waals surface area contributed by atoms with Gasteiger partial charge in [-0.1, -0.05) is 49.1 Å². The smallest absolute Gasteiger partial charge is 0.242 e. The molecular formula is C25H29ClF2N2O2S. The number of benzene rings is 2. The van der Waals surface area contributed by atoms with Gasteiger partial charge in [0.15, 0.2) is 0 Å². The van der Waals surface area contributed by atoms with Crippen LogP contribution in [0.2, 0.25) is 5.02 Å². The van der Waals surface area contributed by atoms with Gasteiger partial charge in [-0.3, -0.25) is 9.59 Å². The largest absolute Gasteiger partial charge is 0.352 e. The van der Waals surface area contributed by atoms with Crippen LogP contribution in [-0.2, 0) is 21.9 Å². The van der Waals surface area contributed by atoms with Crippen LogP contribution in [-0.4, -0.2) is 34.6 Å². The molecule has 1 N–H and O–H groups in total. The molecule has 3 rings (SSSR count). The van der Waals surface area contributed by atoms with Crippen molar-refractivity contribution in [3.63, 3.8) is 0 Å². The van der Waals surface area contributed by atoms with Gasteiger partial charge in [-0.05, 0) is 49.6 Å². The molecule has 4 nitrogen and oxygen atoms in total. The lowest BCUT2D eigenvalue weighted by atomic mass is 9.95. The minimum atomic E-state index is -0.692. The Morgan fingerprint density at radius 2 is 1.82 bits per heavy atom. The Labute approximate surface area is 203 Å². The van der Waals surface area contributed by atoms with E-state index in [1.165, 1.54) is 47.3 Å². The Morgan fingerprint density at radius 1 is 1.12 bits per heavy atom. The molecule has 33 heavy (non-hydrogen) atoms. The molecule has 8 heteroatoms. The quantitative estimate of drug-likeness (QED) is 0.485. The highest BCUT2D eigenvalue weighted by atomic mass is 35.5. The van der Waals surface area contributed by atoms with Gasteiger partial charge in [-0.15, -0.1) is 11.8 Å². The van der Waals surface area contributed by atoms with Gasteiger partial charge in [0, 0.05) is 28.9 Å². The Morgan fingerprint density at radius 3 is 2.48 bits per heavy atom. The van der Waals surface area contributed by atoms with Gasteiger partial charge in [0.1, 0.15) is 17.7 Å². The van der Waals surface area contributed by atoms with Gasteiger partial charge in [-0.2, -0.15) is 0 Å². The summed E-state index contributed by atoms with van der Waals surface area (Å²) in [5.74, 6) is -0.914. The van der Waals surface area contributed by atoms with Crippen LogP contribution in [0.4, 0.5) is 8.78 Å². The predicted octanol–water partition coefficient (Wildman–Crippen LogP) is 5.72. The van der Waals surface area contributed by atoms with Crippen molar-refractivity contribution in [1.29, 1.82) is 0 Å². The molecular weight excluding hydrogens is 466 g/mol. The highest BCUT2D eigenvalue weighted by molar-refractivity contribution is 7.99. The van der Waals surface area contributed by atoms with Crippen LogP contribution >= 0.6 is 23.4 Å². The van der Waals surface area contributed by atoms with Gasteiger partial charge < -0.3 is 10.2 Å². The lowest BCUT2D eigenvalue weighted by Gasteiger charge is -2.31. The fraction of sp³-hybridized carbons (Fsp3) is 0.440. The molecule has 1 aliphatic carbocycles. The summed E-state index contributed by atoms with van der Waals surface area (Å²) in [6.45, 7) is 1.89. The normalized spacial score (nSPS) is 15.2. The van der Waals surface area contributed by atoms with E-state index in [-0.39, 0.29) is 41.7 Å². The van der Waals surface area contributed by atoms with Crippen molar-refractivity contribution < 1.29 is 18.4 Å². The zero-order valence-electron chi connectivity index (χ0n) is 18.7. The molecule has 1 unspecified atom stereocenters. The minimum Gasteiger partial charge on any atom is -0.352 e. The summed E-state index contributed by atoms with van der Waals surface area (Å²) < 4.78 is 27.4. The molecule has 0 heterocycles. The second-order valence-electron chi connectivity index (χ2n) is 8.36. The first-order valence-corrected chi connectivity index (χ1v) is 12.7. The molecule has 0 aromatic heterocycles. The molecule has 2 amide bonds. The first kappa shape index (κ1) is 25.5. The molecule has 0 saturated heterocycles. The van der Waals surface area contributed by atoms with Gasteiger partial charge in [0.25, 0.3) is 0 Å². The van der Waals surface area contributed by atoms with Crippen LogP contribution in [0, 0.1) is 11.6 Å². The highest BCUT2D eigenvalue weighted by Crippen LogP contribution is 2.25. The van der Waals surface area contributed by atoms with Gasteiger partial charge in [0.2, 0.25) is 11.8 Å². The first-order valence-electron chi connectivity index (χ1n) is 11.2. The van der Waals surface area contributed by atoms with E-state index < -0.39 is 11.9 Å². The molecule has 0 bridgehead atoms. The highest BCUT2D eigenvalue weighted by Gasteiger charge is 2.28. The molecule has 2 aromatic rings. The number of rotatable bonds is 9. The molecule has 1 fully saturated rings. The third-order valence-corrected chi connectivity index (χ3v) is 7.22. The van der Waals surface area contributed by atoms with Crippen molar-refractivity contribution in [2.24, 2.45) is 0 Å². The topological polar surface area (TPSA) is 49.4 Å². The van der Waals surface area contributed by atoms with E-state index in [1.807, 2.05) is 0 Å². The third-order valence-electron chi connectivity index (χ3n) is 5.92. The number of amides is 2. The predicted molar refractivity (Wildman–Crippen MR) is 129 cm³/mol. The average molecular weight is 495 g/mol. The first-order chi connectivity index (χ1) is 15.8. The summed E-state index contributed by atoms with van der Waals surface area (Å²) in [5, 5.41) is 3.40. The molecule has 1 atom stereocenters. The Hall–Kier alpha value is -2.12. The third kappa shape index (κ3) is 7.44. The van der Waals surface area contributed by atoms with Crippen LogP contribution in [0.3, 0.4) is 0 Å². The van der Waals surface area contributed by atoms with E-state index in [2.05, 4.69) is 5.32 Å². The van der Waals surface area contributed by atoms with Gasteiger partial charge in [0.05, 0.1) is 5.75 Å². The van der Waals surface area contributed by atoms with Gasteiger partial charge in [-0.25, -0.2) is 8.78 Å². The molecule has 0 aliphatic heterocycles. The summed E-state index contributed by atoms with van der Waals surface area (Å²) in [7, 11) is 0. The number of carbonyl (C=O) groups excluding carboxylic acids is 2. The Balaban J connectivity index is 1.67. The standard InChI is InChI=1S/C25H29ClF2N2O2S/c1-17(25(32)29-20-6-3-2-4-7-20)30(14-18-10-12-19(27)13-11-18)24(31)16-33-15-21-22(26)8-5-9-23(21)28/h5,8-13,17,20H,2-4,6-7,14-16H2,1H3,(H,29,32). The monoisotopic (exact) mass is 494 g/mol. The number of halogens is 3. The summed E-state index contributed by atoms with van der Waals surface area (Å²) in [4.78, 5) is 27.6. The number of thioether (sulfide) groups is 1. The van der Waals surface area contributed by atoms with E-state index in [0.29, 0.717) is 10.6 Å². The Bertz CT molecular complexity index is 932. The molecule has 2 aromatic carbocycles.